The van der Waals surface area contributed by atoms with Crippen LogP contribution in [0.2, 0.25) is 0 Å². The molecule has 0 atom stereocenters. The van der Waals surface area contributed by atoms with Gasteiger partial charge in [-0.2, -0.15) is 10.4 Å². The van der Waals surface area contributed by atoms with Crippen molar-refractivity contribution in [2.45, 2.75) is 20.3 Å². The number of aromatic nitrogens is 2. The van der Waals surface area contributed by atoms with Gasteiger partial charge >= 0.3 is 5.97 Å². The van der Waals surface area contributed by atoms with E-state index in [0.29, 0.717) is 23.5 Å². The van der Waals surface area contributed by atoms with Crippen LogP contribution in [0.1, 0.15) is 28.2 Å². The molecule has 1 aromatic heterocycles. The number of ether oxygens (including phenoxy) is 1. The fourth-order valence-electron chi connectivity index (χ4n) is 2.41. The highest BCUT2D eigenvalue weighted by Gasteiger charge is 2.22. The van der Waals surface area contributed by atoms with E-state index in [1.807, 2.05) is 36.4 Å². The molecule has 25 heavy (non-hydrogen) atoms. The summed E-state index contributed by atoms with van der Waals surface area (Å²) in [7, 11) is 1.57. The first-order chi connectivity index (χ1) is 12.0. The molecule has 130 valence electrons. The van der Waals surface area contributed by atoms with Gasteiger partial charge in [0.05, 0.1) is 29.6 Å². The van der Waals surface area contributed by atoms with E-state index in [-0.39, 0.29) is 18.9 Å². The minimum Gasteiger partial charge on any atom is -0.452 e. The monoisotopic (exact) mass is 340 g/mol. The zero-order chi connectivity index (χ0) is 18.4. The molecule has 1 aromatic carbocycles. The maximum absolute atomic E-state index is 12.4. The van der Waals surface area contributed by atoms with Crippen molar-refractivity contribution in [3.63, 3.8) is 0 Å². The summed E-state index contributed by atoms with van der Waals surface area (Å²) in [5.41, 5.74) is 2.39. The van der Waals surface area contributed by atoms with Gasteiger partial charge in [0, 0.05) is 13.6 Å². The molecule has 0 bridgehead atoms. The van der Waals surface area contributed by atoms with E-state index in [0.717, 1.165) is 5.69 Å². The Morgan fingerprint density at radius 2 is 1.96 bits per heavy atom. The lowest BCUT2D eigenvalue weighted by Gasteiger charge is -2.15. The third kappa shape index (κ3) is 4.23. The number of nitriles is 1. The van der Waals surface area contributed by atoms with Gasteiger partial charge in [0.15, 0.2) is 6.61 Å². The van der Waals surface area contributed by atoms with Crippen LogP contribution in [0.5, 0.6) is 0 Å². The van der Waals surface area contributed by atoms with Crippen LogP contribution >= 0.6 is 0 Å². The van der Waals surface area contributed by atoms with Gasteiger partial charge in [-0.1, -0.05) is 18.2 Å². The third-order valence-electron chi connectivity index (χ3n) is 3.81. The molecular formula is C18H20N4O3. The lowest BCUT2D eigenvalue weighted by Crippen LogP contribution is -2.32. The molecule has 0 aliphatic heterocycles. The van der Waals surface area contributed by atoms with Gasteiger partial charge in [-0.15, -0.1) is 0 Å². The van der Waals surface area contributed by atoms with E-state index in [4.69, 9.17) is 10.00 Å². The molecule has 0 N–H and O–H groups in total. The summed E-state index contributed by atoms with van der Waals surface area (Å²) in [5.74, 6) is -0.937. The molecule has 0 unspecified atom stereocenters. The predicted molar refractivity (Wildman–Crippen MR) is 91.2 cm³/mol. The van der Waals surface area contributed by atoms with E-state index in [9.17, 15) is 9.59 Å². The number of hydrogen-bond donors (Lipinski definition) is 0. The van der Waals surface area contributed by atoms with Gasteiger partial charge in [-0.25, -0.2) is 9.48 Å². The molecule has 2 rings (SSSR count). The molecule has 7 nitrogen and oxygen atoms in total. The van der Waals surface area contributed by atoms with Gasteiger partial charge < -0.3 is 9.64 Å². The van der Waals surface area contributed by atoms with Crippen LogP contribution in [0.4, 0.5) is 0 Å². The molecule has 0 saturated carbocycles. The smallest absolute Gasteiger partial charge is 0.342 e. The topological polar surface area (TPSA) is 88.2 Å². The van der Waals surface area contributed by atoms with Crippen LogP contribution in [0.15, 0.2) is 30.3 Å². The highest BCUT2D eigenvalue weighted by molar-refractivity contribution is 5.93. The fraction of sp³-hybridized carbons (Fsp3) is 0.333. The predicted octanol–water partition coefficient (Wildman–Crippen LogP) is 2.02. The minimum absolute atomic E-state index is 0.234. The van der Waals surface area contributed by atoms with Crippen LogP contribution < -0.4 is 0 Å². The molecule has 2 aromatic rings. The van der Waals surface area contributed by atoms with Crippen molar-refractivity contribution in [2.24, 2.45) is 0 Å². The van der Waals surface area contributed by atoms with Crippen LogP contribution in [0.25, 0.3) is 5.69 Å². The maximum Gasteiger partial charge on any atom is 0.342 e. The fourth-order valence-corrected chi connectivity index (χ4v) is 2.41. The van der Waals surface area contributed by atoms with Crippen molar-refractivity contribution in [3.8, 4) is 11.8 Å². The zero-order valence-corrected chi connectivity index (χ0v) is 14.5. The third-order valence-corrected chi connectivity index (χ3v) is 3.81. The number of likely N-dealkylation sites (N-methyl/N-ethyl adjacent to an activating group) is 1. The Balaban J connectivity index is 2.09. The maximum atomic E-state index is 12.4. The van der Waals surface area contributed by atoms with Crippen molar-refractivity contribution in [3.05, 3.63) is 47.3 Å². The summed E-state index contributed by atoms with van der Waals surface area (Å²) >= 11 is 0. The number of aryl methyl sites for hydroxylation is 1. The second-order valence-electron chi connectivity index (χ2n) is 5.59. The van der Waals surface area contributed by atoms with Crippen molar-refractivity contribution in [2.75, 3.05) is 20.2 Å². The van der Waals surface area contributed by atoms with Crippen LogP contribution in [-0.4, -0.2) is 46.8 Å². The highest BCUT2D eigenvalue weighted by atomic mass is 16.5. The molecular weight excluding hydrogens is 320 g/mol. The van der Waals surface area contributed by atoms with Crippen LogP contribution in [0.3, 0.4) is 0 Å². The quantitative estimate of drug-likeness (QED) is 0.751. The molecule has 1 heterocycles. The Hall–Kier alpha value is -3.14. The summed E-state index contributed by atoms with van der Waals surface area (Å²) in [6.07, 6.45) is 0.234. The number of amides is 1. The van der Waals surface area contributed by atoms with E-state index >= 15 is 0 Å². The van der Waals surface area contributed by atoms with Gasteiger partial charge in [0.1, 0.15) is 5.56 Å². The Labute approximate surface area is 146 Å². The standard InChI is InChI=1S/C18H20N4O3/c1-13-17(14(2)22(20-13)15-8-5-4-6-9-15)18(24)25-12-16(23)21(3)11-7-10-19/h4-6,8-9H,7,11-12H2,1-3H3. The number of hydrogen-bond acceptors (Lipinski definition) is 5. The number of para-hydroxylation sites is 1. The SMILES string of the molecule is Cc1nn(-c2ccccc2)c(C)c1C(=O)OCC(=O)N(C)CCC#N. The van der Waals surface area contributed by atoms with Gasteiger partial charge in [0.25, 0.3) is 5.91 Å². The normalized spacial score (nSPS) is 10.2. The van der Waals surface area contributed by atoms with Gasteiger partial charge in [0.2, 0.25) is 0 Å². The first-order valence-electron chi connectivity index (χ1n) is 7.85. The van der Waals surface area contributed by atoms with Crippen molar-refractivity contribution in [1.82, 2.24) is 14.7 Å². The summed E-state index contributed by atoms with van der Waals surface area (Å²) in [6, 6.07) is 11.4. The Morgan fingerprint density at radius 3 is 2.60 bits per heavy atom. The van der Waals surface area contributed by atoms with E-state index < -0.39 is 5.97 Å². The number of benzene rings is 1. The van der Waals surface area contributed by atoms with E-state index in [1.54, 1.807) is 25.6 Å². The lowest BCUT2D eigenvalue weighted by atomic mass is 10.2. The molecule has 7 heteroatoms. The number of esters is 1. The Kier molecular flexibility index (Phi) is 5.90. The molecule has 0 aliphatic carbocycles. The number of carbonyl (C=O) groups excluding carboxylic acids is 2. The number of rotatable bonds is 6. The molecule has 0 fully saturated rings. The second-order valence-corrected chi connectivity index (χ2v) is 5.59. The van der Waals surface area contributed by atoms with E-state index in [1.165, 1.54) is 4.90 Å². The van der Waals surface area contributed by atoms with Crippen molar-refractivity contribution < 1.29 is 14.3 Å². The highest BCUT2D eigenvalue weighted by Crippen LogP contribution is 2.18. The molecule has 0 aliphatic rings. The summed E-state index contributed by atoms with van der Waals surface area (Å²) in [4.78, 5) is 25.6. The van der Waals surface area contributed by atoms with E-state index in [2.05, 4.69) is 5.10 Å². The zero-order valence-electron chi connectivity index (χ0n) is 14.5. The summed E-state index contributed by atoms with van der Waals surface area (Å²) < 4.78 is 6.81. The average molecular weight is 340 g/mol. The lowest BCUT2D eigenvalue weighted by molar-refractivity contribution is -0.133. The van der Waals surface area contributed by atoms with Gasteiger partial charge in [-0.05, 0) is 26.0 Å². The van der Waals surface area contributed by atoms with Crippen LogP contribution in [0, 0.1) is 25.2 Å². The first kappa shape index (κ1) is 18.2. The van der Waals surface area contributed by atoms with Crippen molar-refractivity contribution in [1.29, 1.82) is 5.26 Å². The molecule has 0 radical (unpaired) electrons. The Bertz CT molecular complexity index is 806. The second kappa shape index (κ2) is 8.11. The summed E-state index contributed by atoms with van der Waals surface area (Å²) in [6.45, 7) is 3.45. The number of nitrogens with zero attached hydrogens (tertiary/aromatic N) is 4. The molecule has 0 spiro atoms. The average Bonchev–Trinajstić information content (AvgIpc) is 2.92. The molecule has 1 amide bonds. The largest absolute Gasteiger partial charge is 0.452 e. The van der Waals surface area contributed by atoms with Gasteiger partial charge in [-0.3, -0.25) is 4.79 Å². The molecule has 0 saturated heterocycles. The summed E-state index contributed by atoms with van der Waals surface area (Å²) in [5, 5.41) is 12.9. The number of carbonyl (C=O) groups is 2. The Morgan fingerprint density at radius 1 is 1.28 bits per heavy atom. The first-order valence-corrected chi connectivity index (χ1v) is 7.85. The van der Waals surface area contributed by atoms with Crippen molar-refractivity contribution >= 4 is 11.9 Å². The van der Waals surface area contributed by atoms with Crippen LogP contribution in [-0.2, 0) is 9.53 Å². The minimum atomic E-state index is -0.584.